The normalized spacial score (nSPS) is 10.6. The fraction of sp³-hybridized carbons (Fsp3) is 0.200. The average Bonchev–Trinajstić information content (AvgIpc) is 2.34. The summed E-state index contributed by atoms with van der Waals surface area (Å²) in [5.74, 6) is 1.48. The Hall–Kier alpha value is -1.22. The lowest BCUT2D eigenvalue weighted by molar-refractivity contribution is 0.469. The molecule has 2 aromatic carbocycles. The van der Waals surface area contributed by atoms with Crippen LogP contribution < -0.4 is 10.5 Å². The highest BCUT2D eigenvalue weighted by Gasteiger charge is 2.10. The molecule has 0 unspecified atom stereocenters. The van der Waals surface area contributed by atoms with E-state index in [0.29, 0.717) is 22.3 Å². The first-order valence-corrected chi connectivity index (χ1v) is 6.70. The highest BCUT2D eigenvalue weighted by Crippen LogP contribution is 2.34. The lowest BCUT2D eigenvalue weighted by Gasteiger charge is -2.15. The molecule has 0 saturated carbocycles. The molecule has 0 aliphatic heterocycles. The lowest BCUT2D eigenvalue weighted by Crippen LogP contribution is -2.00. The predicted octanol–water partition coefficient (Wildman–Crippen LogP) is 4.86. The van der Waals surface area contributed by atoms with Gasteiger partial charge in [-0.25, -0.2) is 0 Å². The minimum absolute atomic E-state index is 0.401. The van der Waals surface area contributed by atoms with Gasteiger partial charge in [-0.3, -0.25) is 0 Å². The van der Waals surface area contributed by atoms with Crippen molar-refractivity contribution in [3.05, 3.63) is 57.1 Å². The zero-order chi connectivity index (χ0) is 14.0. The van der Waals surface area contributed by atoms with Gasteiger partial charge in [0.1, 0.15) is 11.5 Å². The van der Waals surface area contributed by atoms with Crippen molar-refractivity contribution in [3.8, 4) is 11.5 Å². The number of benzene rings is 2. The van der Waals surface area contributed by atoms with Gasteiger partial charge < -0.3 is 10.5 Å². The quantitative estimate of drug-likeness (QED) is 0.877. The molecule has 0 saturated heterocycles. The highest BCUT2D eigenvalue weighted by molar-refractivity contribution is 6.31. The Morgan fingerprint density at radius 3 is 2.21 bits per heavy atom. The smallest absolute Gasteiger partial charge is 0.133 e. The third-order valence-electron chi connectivity index (χ3n) is 2.89. The Labute approximate surface area is 123 Å². The molecule has 2 rings (SSSR count). The highest BCUT2D eigenvalue weighted by atomic mass is 35.5. The molecule has 19 heavy (non-hydrogen) atoms. The van der Waals surface area contributed by atoms with Crippen molar-refractivity contribution in [3.63, 3.8) is 0 Å². The maximum Gasteiger partial charge on any atom is 0.133 e. The van der Waals surface area contributed by atoms with Crippen LogP contribution >= 0.6 is 23.2 Å². The molecule has 0 atom stereocenters. The fourth-order valence-electron chi connectivity index (χ4n) is 1.96. The molecule has 0 fully saturated rings. The molecule has 0 bridgehead atoms. The topological polar surface area (TPSA) is 35.2 Å². The van der Waals surface area contributed by atoms with E-state index in [9.17, 15) is 0 Å². The van der Waals surface area contributed by atoms with E-state index < -0.39 is 0 Å². The molecular formula is C15H15Cl2NO. The maximum atomic E-state index is 6.01. The molecule has 0 heterocycles. The summed E-state index contributed by atoms with van der Waals surface area (Å²) in [5, 5.41) is 1.32. The Bertz CT molecular complexity index is 588. The van der Waals surface area contributed by atoms with Crippen LogP contribution in [0.2, 0.25) is 10.0 Å². The van der Waals surface area contributed by atoms with Crippen molar-refractivity contribution >= 4 is 23.2 Å². The molecule has 0 aliphatic carbocycles. The third kappa shape index (κ3) is 3.21. The lowest BCUT2D eigenvalue weighted by atomic mass is 10.1. The first-order valence-electron chi connectivity index (χ1n) is 5.94. The summed E-state index contributed by atoms with van der Waals surface area (Å²) in [7, 11) is 0. The van der Waals surface area contributed by atoms with E-state index in [0.717, 1.165) is 22.4 Å². The standard InChI is InChI=1S/C15H15Cl2NO/c1-9-5-13(17)6-10(2)15(9)19-14-7-12(16)4-3-11(14)8-18/h3-7H,8,18H2,1-2H3. The van der Waals surface area contributed by atoms with Crippen LogP contribution in [0, 0.1) is 13.8 Å². The first-order chi connectivity index (χ1) is 9.01. The monoisotopic (exact) mass is 295 g/mol. The minimum Gasteiger partial charge on any atom is -0.456 e. The van der Waals surface area contributed by atoms with Crippen molar-refractivity contribution in [2.45, 2.75) is 20.4 Å². The second-order valence-electron chi connectivity index (χ2n) is 4.43. The molecular weight excluding hydrogens is 281 g/mol. The van der Waals surface area contributed by atoms with Crippen LogP contribution in [0.4, 0.5) is 0 Å². The number of halogens is 2. The summed E-state index contributed by atoms with van der Waals surface area (Å²) in [6.45, 7) is 4.32. The summed E-state index contributed by atoms with van der Waals surface area (Å²) in [6, 6.07) is 9.20. The Balaban J connectivity index is 2.44. The van der Waals surface area contributed by atoms with Gasteiger partial charge in [0, 0.05) is 22.2 Å². The molecule has 0 radical (unpaired) electrons. The van der Waals surface area contributed by atoms with Gasteiger partial charge in [0.25, 0.3) is 0 Å². The van der Waals surface area contributed by atoms with Crippen molar-refractivity contribution in [2.75, 3.05) is 0 Å². The molecule has 2 aromatic rings. The Kier molecular flexibility index (Phi) is 4.35. The fourth-order valence-corrected chi connectivity index (χ4v) is 2.45. The van der Waals surface area contributed by atoms with Gasteiger partial charge in [0.15, 0.2) is 0 Å². The number of rotatable bonds is 3. The molecule has 0 aliphatic rings. The number of hydrogen-bond donors (Lipinski definition) is 1. The third-order valence-corrected chi connectivity index (χ3v) is 3.34. The van der Waals surface area contributed by atoms with Gasteiger partial charge in [0.2, 0.25) is 0 Å². The SMILES string of the molecule is Cc1cc(Cl)cc(C)c1Oc1cc(Cl)ccc1CN. The van der Waals surface area contributed by atoms with Crippen LogP contribution in [-0.4, -0.2) is 0 Å². The summed E-state index contributed by atoms with van der Waals surface area (Å²) < 4.78 is 5.97. The minimum atomic E-state index is 0.401. The van der Waals surface area contributed by atoms with Crippen molar-refractivity contribution in [1.29, 1.82) is 0 Å². The van der Waals surface area contributed by atoms with Gasteiger partial charge in [-0.05, 0) is 49.2 Å². The second-order valence-corrected chi connectivity index (χ2v) is 5.30. The summed E-state index contributed by atoms with van der Waals surface area (Å²) in [5.41, 5.74) is 8.58. The van der Waals surface area contributed by atoms with Crippen LogP contribution in [0.25, 0.3) is 0 Å². The van der Waals surface area contributed by atoms with Crippen LogP contribution in [0.1, 0.15) is 16.7 Å². The van der Waals surface area contributed by atoms with E-state index in [-0.39, 0.29) is 0 Å². The maximum absolute atomic E-state index is 6.01. The van der Waals surface area contributed by atoms with E-state index in [1.54, 1.807) is 12.1 Å². The van der Waals surface area contributed by atoms with Crippen LogP contribution in [0.5, 0.6) is 11.5 Å². The molecule has 0 spiro atoms. The molecule has 2 N–H and O–H groups in total. The van der Waals surface area contributed by atoms with Gasteiger partial charge in [-0.15, -0.1) is 0 Å². The number of nitrogens with two attached hydrogens (primary N) is 1. The summed E-state index contributed by atoms with van der Waals surface area (Å²) in [4.78, 5) is 0. The predicted molar refractivity (Wildman–Crippen MR) is 80.3 cm³/mol. The van der Waals surface area contributed by atoms with E-state index >= 15 is 0 Å². The van der Waals surface area contributed by atoms with Crippen LogP contribution in [0.3, 0.4) is 0 Å². The van der Waals surface area contributed by atoms with Gasteiger partial charge in [-0.2, -0.15) is 0 Å². The Morgan fingerprint density at radius 1 is 1.00 bits per heavy atom. The molecule has 100 valence electrons. The van der Waals surface area contributed by atoms with Crippen molar-refractivity contribution in [1.82, 2.24) is 0 Å². The first kappa shape index (κ1) is 14.2. The van der Waals surface area contributed by atoms with Gasteiger partial charge in [-0.1, -0.05) is 29.3 Å². The summed E-state index contributed by atoms with van der Waals surface area (Å²) in [6.07, 6.45) is 0. The summed E-state index contributed by atoms with van der Waals surface area (Å²) >= 11 is 12.0. The number of hydrogen-bond acceptors (Lipinski definition) is 2. The average molecular weight is 296 g/mol. The molecule has 2 nitrogen and oxygen atoms in total. The second kappa shape index (κ2) is 5.83. The zero-order valence-corrected chi connectivity index (χ0v) is 12.3. The van der Waals surface area contributed by atoms with Crippen molar-refractivity contribution in [2.24, 2.45) is 5.73 Å². The zero-order valence-electron chi connectivity index (χ0n) is 10.8. The molecule has 4 heteroatoms. The largest absolute Gasteiger partial charge is 0.456 e. The molecule has 0 amide bonds. The van der Waals surface area contributed by atoms with E-state index in [1.807, 2.05) is 32.0 Å². The van der Waals surface area contributed by atoms with E-state index in [1.165, 1.54) is 0 Å². The Morgan fingerprint density at radius 2 is 1.63 bits per heavy atom. The van der Waals surface area contributed by atoms with Gasteiger partial charge in [0.05, 0.1) is 0 Å². The van der Waals surface area contributed by atoms with E-state index in [2.05, 4.69) is 0 Å². The number of ether oxygens (including phenoxy) is 1. The van der Waals surface area contributed by atoms with Gasteiger partial charge >= 0.3 is 0 Å². The molecule has 0 aromatic heterocycles. The van der Waals surface area contributed by atoms with Crippen LogP contribution in [-0.2, 0) is 6.54 Å². The van der Waals surface area contributed by atoms with Crippen molar-refractivity contribution < 1.29 is 4.74 Å². The number of aryl methyl sites for hydroxylation is 2. The van der Waals surface area contributed by atoms with E-state index in [4.69, 9.17) is 33.7 Å². The van der Waals surface area contributed by atoms with Crippen LogP contribution in [0.15, 0.2) is 30.3 Å².